The number of Topliss-reactive ketones (excluding diaryl/α,β-unsaturated/α-hetero) is 1. The van der Waals surface area contributed by atoms with E-state index in [4.69, 9.17) is 23.9 Å². The number of carbonyl (C=O) groups is 3. The van der Waals surface area contributed by atoms with Gasteiger partial charge in [0.15, 0.2) is 10.9 Å². The van der Waals surface area contributed by atoms with Crippen molar-refractivity contribution in [2.24, 2.45) is 23.7 Å². The molecule has 4 heterocycles. The minimum Gasteiger partial charge on any atom is -0.507 e. The lowest BCUT2D eigenvalue weighted by molar-refractivity contribution is -0.160. The molecular weight excluding hydrogens is 853 g/mol. The summed E-state index contributed by atoms with van der Waals surface area (Å²) in [5.41, 5.74) is 1.97. The SMILES string of the molecule is CO[C@H]1/C=C/O[C@@]2(C)Oc3c(C)c(O)c4c(O)c(c5sc(N6CCN(Cc7ccccc7)CC6)nc5c4c3C2=O)NC(=O)/C(C)=C\C=C\[C@H](C)[C@H](O)[C@@H](C)[C@@H](O)[C@@H](C)[C@H](OC(C)=O)[C@@H]1C. The van der Waals surface area contributed by atoms with Crippen LogP contribution in [-0.4, -0.2) is 111 Å². The number of phenols is 2. The molecule has 16 heteroatoms. The van der Waals surface area contributed by atoms with Crippen LogP contribution in [0.1, 0.15) is 70.0 Å². The first-order valence-corrected chi connectivity index (χ1v) is 22.8. The number of hydrogen-bond acceptors (Lipinski definition) is 15. The lowest BCUT2D eigenvalue weighted by Crippen LogP contribution is -2.46. The van der Waals surface area contributed by atoms with Crippen LogP contribution in [-0.2, 0) is 30.3 Å². The Bertz CT molecular complexity index is 2550. The van der Waals surface area contributed by atoms with Gasteiger partial charge in [-0.25, -0.2) is 4.98 Å². The molecular formula is C49H60N4O11S. The molecule has 7 rings (SSSR count). The zero-order chi connectivity index (χ0) is 47.1. The molecule has 4 aromatic rings. The van der Waals surface area contributed by atoms with E-state index in [1.165, 1.54) is 44.1 Å². The molecule has 0 aliphatic carbocycles. The standard InChI is InChI=1S/C49H60N4O11S/c1-25-14-13-15-26(2)47(60)50-38-42(58)35-34(37-45(38)65-48(51-37)53-21-19-52(20-22-53)24-32-16-11-10-12-17-32)36-44(30(6)41(35)57)64-49(8,46(36)59)62-23-18-33(61-9)27(3)43(63-31(7)54)29(5)40(56)28(4)39(25)55/h10-18,23,25,27-29,33,39-40,43,55-58H,19-22,24H2,1-9H3,(H,50,60)/b14-13+,23-18+,26-15-/t25-,27+,28+,29+,33-,39-,40+,43+,49-/m0/s1. The molecule has 15 nitrogen and oxygen atoms in total. The van der Waals surface area contributed by atoms with E-state index in [0.717, 1.165) is 19.6 Å². The summed E-state index contributed by atoms with van der Waals surface area (Å²) in [5, 5.41) is 50.6. The maximum absolute atomic E-state index is 14.8. The number of thiazole rings is 1. The van der Waals surface area contributed by atoms with Gasteiger partial charge in [0.1, 0.15) is 23.3 Å². The molecule has 0 spiro atoms. The summed E-state index contributed by atoms with van der Waals surface area (Å²) in [6.07, 6.45) is 3.97. The number of rotatable bonds is 5. The van der Waals surface area contributed by atoms with Gasteiger partial charge in [-0.05, 0) is 25.5 Å². The first-order chi connectivity index (χ1) is 30.9. The zero-order valence-corrected chi connectivity index (χ0v) is 39.1. The van der Waals surface area contributed by atoms with E-state index in [0.29, 0.717) is 22.9 Å². The molecule has 3 aliphatic heterocycles. The highest BCUT2D eigenvalue weighted by Gasteiger charge is 2.50. The lowest BCUT2D eigenvalue weighted by atomic mass is 9.78. The van der Waals surface area contributed by atoms with Gasteiger partial charge in [-0.2, -0.15) is 0 Å². The van der Waals surface area contributed by atoms with Crippen molar-refractivity contribution >= 4 is 60.8 Å². The molecule has 65 heavy (non-hydrogen) atoms. The minimum atomic E-state index is -1.96. The van der Waals surface area contributed by atoms with Crippen molar-refractivity contribution in [3.8, 4) is 17.2 Å². The molecule has 348 valence electrons. The first-order valence-electron chi connectivity index (χ1n) is 22.0. The highest BCUT2D eigenvalue weighted by Crippen LogP contribution is 2.55. The molecule has 3 aliphatic rings. The van der Waals surface area contributed by atoms with Crippen molar-refractivity contribution < 1.29 is 53.8 Å². The Morgan fingerprint density at radius 1 is 0.954 bits per heavy atom. The van der Waals surface area contributed by atoms with Gasteiger partial charge in [0.05, 0.1) is 45.7 Å². The van der Waals surface area contributed by atoms with Crippen LogP contribution >= 0.6 is 11.3 Å². The average Bonchev–Trinajstić information content (AvgIpc) is 3.84. The van der Waals surface area contributed by atoms with E-state index >= 15 is 0 Å². The summed E-state index contributed by atoms with van der Waals surface area (Å²) in [5.74, 6) is -6.84. The Morgan fingerprint density at radius 3 is 2.31 bits per heavy atom. The van der Waals surface area contributed by atoms with Crippen molar-refractivity contribution in [1.82, 2.24) is 9.88 Å². The normalized spacial score (nSPS) is 30.1. The summed E-state index contributed by atoms with van der Waals surface area (Å²) in [7, 11) is 1.47. The third-order valence-electron chi connectivity index (χ3n) is 13.2. The van der Waals surface area contributed by atoms with Crippen LogP contribution in [0.25, 0.3) is 21.0 Å². The Kier molecular flexibility index (Phi) is 14.0. The van der Waals surface area contributed by atoms with Gasteiger partial charge in [0.25, 0.3) is 11.7 Å². The van der Waals surface area contributed by atoms with E-state index in [2.05, 4.69) is 27.2 Å². The number of ether oxygens (including phenoxy) is 4. The number of phenolic OH excluding ortho intramolecular Hbond substituents is 2. The summed E-state index contributed by atoms with van der Waals surface area (Å²) < 4.78 is 24.4. The quantitative estimate of drug-likeness (QED) is 0.101. The number of carbonyl (C=O) groups excluding carboxylic acids is 3. The third-order valence-corrected chi connectivity index (χ3v) is 14.4. The van der Waals surface area contributed by atoms with Gasteiger partial charge in [-0.3, -0.25) is 19.3 Å². The molecule has 0 unspecified atom stereocenters. The Morgan fingerprint density at radius 2 is 1.65 bits per heavy atom. The Balaban J connectivity index is 1.35. The van der Waals surface area contributed by atoms with Crippen LogP contribution < -0.4 is 15.0 Å². The first kappa shape index (κ1) is 47.4. The summed E-state index contributed by atoms with van der Waals surface area (Å²) in [6, 6.07) is 10.2. The number of aromatic nitrogens is 1. The second kappa shape index (κ2) is 19.1. The monoisotopic (exact) mass is 912 g/mol. The number of benzene rings is 3. The maximum Gasteiger partial charge on any atom is 0.312 e. The fraction of sp³-hybridized carbons (Fsp3) is 0.469. The lowest BCUT2D eigenvalue weighted by Gasteiger charge is -2.38. The number of esters is 1. The van der Waals surface area contributed by atoms with Crippen LogP contribution in [0.3, 0.4) is 0 Å². The zero-order valence-electron chi connectivity index (χ0n) is 38.3. The molecule has 1 aromatic heterocycles. The summed E-state index contributed by atoms with van der Waals surface area (Å²) >= 11 is 1.25. The predicted octanol–water partition coefficient (Wildman–Crippen LogP) is 6.98. The predicted molar refractivity (Wildman–Crippen MR) is 249 cm³/mol. The molecule has 5 N–H and O–H groups in total. The number of aliphatic hydroxyl groups excluding tert-OH is 2. The van der Waals surface area contributed by atoms with Crippen molar-refractivity contribution in [3.63, 3.8) is 0 Å². The van der Waals surface area contributed by atoms with Gasteiger partial charge < -0.3 is 49.6 Å². The van der Waals surface area contributed by atoms with E-state index in [9.17, 15) is 34.8 Å². The van der Waals surface area contributed by atoms with E-state index in [-0.39, 0.29) is 50.2 Å². The van der Waals surface area contributed by atoms with Crippen LogP contribution in [0.15, 0.2) is 66.5 Å². The van der Waals surface area contributed by atoms with Gasteiger partial charge in [0.2, 0.25) is 0 Å². The molecule has 1 saturated heterocycles. The number of nitrogens with one attached hydrogen (secondary N) is 1. The van der Waals surface area contributed by atoms with Crippen LogP contribution in [0.4, 0.5) is 10.8 Å². The molecule has 1 amide bonds. The number of amides is 1. The van der Waals surface area contributed by atoms with Crippen LogP contribution in [0, 0.1) is 30.6 Å². The van der Waals surface area contributed by atoms with E-state index < -0.39 is 77.3 Å². The number of ketones is 1. The van der Waals surface area contributed by atoms with Crippen molar-refractivity contribution in [1.29, 1.82) is 0 Å². The van der Waals surface area contributed by atoms with Gasteiger partial charge in [-0.1, -0.05) is 87.6 Å². The fourth-order valence-corrected chi connectivity index (χ4v) is 10.3. The molecule has 0 radical (unpaired) electrons. The number of allylic oxidation sites excluding steroid dienone is 2. The number of aromatic hydroxyl groups is 2. The molecule has 9 atom stereocenters. The van der Waals surface area contributed by atoms with Crippen LogP contribution in [0.5, 0.6) is 17.2 Å². The maximum atomic E-state index is 14.8. The minimum absolute atomic E-state index is 0.0191. The molecule has 3 aromatic carbocycles. The number of piperazine rings is 1. The van der Waals surface area contributed by atoms with E-state index in [1.54, 1.807) is 65.8 Å². The number of nitrogens with zero attached hydrogens (tertiary/aromatic N) is 3. The van der Waals surface area contributed by atoms with Crippen molar-refractivity contribution in [3.05, 3.63) is 83.2 Å². The molecule has 4 bridgehead atoms. The molecule has 0 saturated carbocycles. The smallest absolute Gasteiger partial charge is 0.312 e. The Labute approximate surface area is 382 Å². The number of hydrogen-bond donors (Lipinski definition) is 5. The van der Waals surface area contributed by atoms with Crippen LogP contribution in [0.2, 0.25) is 0 Å². The fourth-order valence-electron chi connectivity index (χ4n) is 9.19. The average molecular weight is 913 g/mol. The van der Waals surface area contributed by atoms with Crippen molar-refractivity contribution in [2.45, 2.75) is 92.1 Å². The largest absolute Gasteiger partial charge is 0.507 e. The number of methoxy groups -OCH3 is 1. The molecule has 1 fully saturated rings. The second-order valence-corrected chi connectivity index (χ2v) is 18.8. The highest BCUT2D eigenvalue weighted by atomic mass is 32.1. The topological polar surface area (TPSA) is 200 Å². The third kappa shape index (κ3) is 9.19. The number of aliphatic hydroxyl groups is 2. The van der Waals surface area contributed by atoms with Gasteiger partial charge in [0, 0.05) is 93.9 Å². The number of anilines is 2. The second-order valence-electron chi connectivity index (χ2n) is 17.8. The number of fused-ring (bicyclic) bond motifs is 1. The van der Waals surface area contributed by atoms with Crippen molar-refractivity contribution in [2.75, 3.05) is 43.5 Å². The highest BCUT2D eigenvalue weighted by molar-refractivity contribution is 7.23. The van der Waals surface area contributed by atoms with E-state index in [1.807, 2.05) is 18.2 Å². The van der Waals surface area contributed by atoms with Gasteiger partial charge >= 0.3 is 11.8 Å². The van der Waals surface area contributed by atoms with Gasteiger partial charge in [-0.15, -0.1) is 0 Å². The summed E-state index contributed by atoms with van der Waals surface area (Å²) in [4.78, 5) is 50.8. The Hall–Kier alpha value is -5.52. The summed E-state index contributed by atoms with van der Waals surface area (Å²) in [6.45, 7) is 16.5.